The molecular formula is C15H13N3O5. The van der Waals surface area contributed by atoms with Crippen molar-refractivity contribution in [1.29, 1.82) is 0 Å². The molecule has 3 rings (SSSR count). The first-order valence-electron chi connectivity index (χ1n) is 6.62. The second-order valence-electron chi connectivity index (χ2n) is 4.89. The van der Waals surface area contributed by atoms with E-state index >= 15 is 0 Å². The Morgan fingerprint density at radius 3 is 2.26 bits per heavy atom. The zero-order chi connectivity index (χ0) is 16.7. The van der Waals surface area contributed by atoms with Gasteiger partial charge in [0.15, 0.2) is 11.5 Å². The third kappa shape index (κ3) is 2.11. The topological polar surface area (TPSA) is 115 Å². The summed E-state index contributed by atoms with van der Waals surface area (Å²) in [6.45, 7) is 0. The molecule has 0 amide bonds. The van der Waals surface area contributed by atoms with E-state index in [1.807, 2.05) is 0 Å². The average molecular weight is 315 g/mol. The van der Waals surface area contributed by atoms with Gasteiger partial charge in [-0.3, -0.25) is 10.1 Å². The van der Waals surface area contributed by atoms with Crippen LogP contribution < -0.4 is 19.9 Å². The van der Waals surface area contributed by atoms with Gasteiger partial charge < -0.3 is 20.4 Å². The predicted octanol–water partition coefficient (Wildman–Crippen LogP) is 2.13. The van der Waals surface area contributed by atoms with E-state index in [1.165, 1.54) is 38.5 Å². The summed E-state index contributed by atoms with van der Waals surface area (Å²) in [6.07, 6.45) is 0. The number of nitro groups is 1. The minimum absolute atomic E-state index is 0.122. The first-order valence-corrected chi connectivity index (χ1v) is 6.62. The van der Waals surface area contributed by atoms with Crippen molar-refractivity contribution in [3.8, 4) is 11.5 Å². The number of hydrogen-bond donors (Lipinski definition) is 1. The molecular weight excluding hydrogens is 302 g/mol. The highest BCUT2D eigenvalue weighted by Gasteiger charge is 2.21. The van der Waals surface area contributed by atoms with Gasteiger partial charge in [-0.05, 0) is 6.07 Å². The molecule has 3 aromatic rings. The Kier molecular flexibility index (Phi) is 3.29. The largest absolute Gasteiger partial charge is 0.618 e. The minimum Gasteiger partial charge on any atom is -0.618 e. The summed E-state index contributed by atoms with van der Waals surface area (Å²) >= 11 is 0. The van der Waals surface area contributed by atoms with Crippen molar-refractivity contribution < 1.29 is 19.1 Å². The van der Waals surface area contributed by atoms with Crippen LogP contribution in [0.2, 0.25) is 0 Å². The van der Waals surface area contributed by atoms with Gasteiger partial charge in [-0.25, -0.2) is 0 Å². The van der Waals surface area contributed by atoms with Gasteiger partial charge in [-0.1, -0.05) is 0 Å². The molecule has 8 nitrogen and oxygen atoms in total. The van der Waals surface area contributed by atoms with Crippen LogP contribution in [0.3, 0.4) is 0 Å². The van der Waals surface area contributed by atoms with Crippen LogP contribution in [-0.2, 0) is 0 Å². The van der Waals surface area contributed by atoms with Gasteiger partial charge in [0.1, 0.15) is 0 Å². The number of benzene rings is 2. The van der Waals surface area contributed by atoms with Crippen molar-refractivity contribution in [2.75, 3.05) is 20.0 Å². The Hall–Kier alpha value is -3.29. The summed E-state index contributed by atoms with van der Waals surface area (Å²) in [5, 5.41) is 24.5. The van der Waals surface area contributed by atoms with Crippen LogP contribution >= 0.6 is 0 Å². The molecule has 0 bridgehead atoms. The predicted molar refractivity (Wildman–Crippen MR) is 84.6 cm³/mol. The lowest BCUT2D eigenvalue weighted by Gasteiger charge is -2.12. The quantitative estimate of drug-likeness (QED) is 0.260. The van der Waals surface area contributed by atoms with Gasteiger partial charge in [0.25, 0.3) is 5.69 Å². The van der Waals surface area contributed by atoms with Crippen LogP contribution in [0.1, 0.15) is 0 Å². The molecule has 0 aliphatic rings. The number of anilines is 1. The molecule has 0 atom stereocenters. The number of hydrogen-bond acceptors (Lipinski definition) is 6. The minimum atomic E-state index is -0.561. The number of fused-ring (bicyclic) bond motifs is 2. The fourth-order valence-electron chi connectivity index (χ4n) is 2.56. The summed E-state index contributed by atoms with van der Waals surface area (Å²) < 4.78 is 11.0. The van der Waals surface area contributed by atoms with Crippen LogP contribution in [-0.4, -0.2) is 19.1 Å². The summed E-state index contributed by atoms with van der Waals surface area (Å²) in [6, 6.07) is 7.09. The van der Waals surface area contributed by atoms with E-state index in [9.17, 15) is 15.3 Å². The molecule has 0 radical (unpaired) electrons. The van der Waals surface area contributed by atoms with Gasteiger partial charge in [0.05, 0.1) is 47.7 Å². The number of methoxy groups -OCH3 is 2. The summed E-state index contributed by atoms with van der Waals surface area (Å²) in [5.74, 6) is 0.807. The molecule has 2 N–H and O–H groups in total. The molecule has 0 fully saturated rings. The van der Waals surface area contributed by atoms with Crippen molar-refractivity contribution in [3.05, 3.63) is 45.7 Å². The van der Waals surface area contributed by atoms with Crippen molar-refractivity contribution >= 4 is 33.2 Å². The fraction of sp³-hybridized carbons (Fsp3) is 0.133. The first kappa shape index (κ1) is 14.6. The standard InChI is InChI=1S/C15H13N3O5/c1-22-13-6-10-12(7-14(13)23-2)17(19)11-5-8(18(20)21)3-4-9(11)15(10)16/h3-7H,16H2,1-2H3. The lowest BCUT2D eigenvalue weighted by atomic mass is 10.1. The van der Waals surface area contributed by atoms with Gasteiger partial charge in [0, 0.05) is 12.1 Å². The maximum absolute atomic E-state index is 12.6. The molecule has 2 aromatic carbocycles. The van der Waals surface area contributed by atoms with Crippen LogP contribution in [0.4, 0.5) is 11.4 Å². The summed E-state index contributed by atoms with van der Waals surface area (Å²) in [5.41, 5.74) is 6.68. The van der Waals surface area contributed by atoms with Crippen molar-refractivity contribution in [2.45, 2.75) is 0 Å². The van der Waals surface area contributed by atoms with Crippen molar-refractivity contribution in [3.63, 3.8) is 0 Å². The molecule has 0 saturated carbocycles. The lowest BCUT2D eigenvalue weighted by molar-refractivity contribution is -0.548. The highest BCUT2D eigenvalue weighted by Crippen LogP contribution is 2.36. The van der Waals surface area contributed by atoms with Gasteiger partial charge in [-0.2, -0.15) is 4.73 Å². The Morgan fingerprint density at radius 1 is 1.04 bits per heavy atom. The lowest BCUT2D eigenvalue weighted by Crippen LogP contribution is -2.28. The number of nitrogens with zero attached hydrogens (tertiary/aromatic N) is 2. The van der Waals surface area contributed by atoms with E-state index in [1.54, 1.807) is 6.07 Å². The Labute approximate surface area is 130 Å². The van der Waals surface area contributed by atoms with E-state index < -0.39 is 4.92 Å². The normalized spacial score (nSPS) is 10.9. The molecule has 0 spiro atoms. The number of aromatic nitrogens is 1. The molecule has 0 aliphatic carbocycles. The van der Waals surface area contributed by atoms with Crippen molar-refractivity contribution in [1.82, 2.24) is 0 Å². The van der Waals surface area contributed by atoms with E-state index in [0.717, 1.165) is 0 Å². The summed E-state index contributed by atoms with van der Waals surface area (Å²) in [7, 11) is 2.93. The third-order valence-corrected chi connectivity index (χ3v) is 3.71. The first-order chi connectivity index (χ1) is 11.0. The van der Waals surface area contributed by atoms with E-state index in [4.69, 9.17) is 15.2 Å². The summed E-state index contributed by atoms with van der Waals surface area (Å²) in [4.78, 5) is 10.4. The molecule has 118 valence electrons. The Balaban J connectivity index is 2.47. The van der Waals surface area contributed by atoms with Crippen LogP contribution in [0.15, 0.2) is 30.3 Å². The molecule has 8 heteroatoms. The van der Waals surface area contributed by atoms with E-state index in [0.29, 0.717) is 32.7 Å². The molecule has 0 unspecified atom stereocenters. The second-order valence-corrected chi connectivity index (χ2v) is 4.89. The molecule has 1 heterocycles. The molecule has 23 heavy (non-hydrogen) atoms. The van der Waals surface area contributed by atoms with Crippen LogP contribution in [0.5, 0.6) is 11.5 Å². The second kappa shape index (κ2) is 5.16. The van der Waals surface area contributed by atoms with Gasteiger partial charge in [0.2, 0.25) is 11.0 Å². The number of ether oxygens (including phenoxy) is 2. The van der Waals surface area contributed by atoms with E-state index in [-0.39, 0.29) is 16.7 Å². The molecule has 0 aliphatic heterocycles. The Morgan fingerprint density at radius 2 is 1.65 bits per heavy atom. The number of pyridine rings is 1. The molecule has 0 saturated heterocycles. The number of nitro benzene ring substituents is 1. The number of nitrogen functional groups attached to an aromatic ring is 1. The zero-order valence-electron chi connectivity index (χ0n) is 12.4. The van der Waals surface area contributed by atoms with Gasteiger partial charge in [-0.15, -0.1) is 0 Å². The molecule has 1 aromatic heterocycles. The van der Waals surface area contributed by atoms with Crippen molar-refractivity contribution in [2.24, 2.45) is 0 Å². The third-order valence-electron chi connectivity index (χ3n) is 3.71. The smallest absolute Gasteiger partial charge is 0.276 e. The van der Waals surface area contributed by atoms with E-state index in [2.05, 4.69) is 0 Å². The van der Waals surface area contributed by atoms with Crippen LogP contribution in [0, 0.1) is 15.3 Å². The Bertz CT molecular complexity index is 955. The highest BCUT2D eigenvalue weighted by molar-refractivity contribution is 6.05. The monoisotopic (exact) mass is 315 g/mol. The number of nitrogens with two attached hydrogens (primary N) is 1. The zero-order valence-corrected chi connectivity index (χ0v) is 12.4. The number of non-ortho nitro benzene ring substituents is 1. The SMILES string of the molecule is COc1cc2c(N)c3ccc([N+](=O)[O-])cc3[n+]([O-])c2cc1OC. The van der Waals surface area contributed by atoms with Gasteiger partial charge >= 0.3 is 0 Å². The van der Waals surface area contributed by atoms with Crippen LogP contribution in [0.25, 0.3) is 21.8 Å². The average Bonchev–Trinajstić information content (AvgIpc) is 2.57. The maximum Gasteiger partial charge on any atom is 0.276 e. The maximum atomic E-state index is 12.6. The highest BCUT2D eigenvalue weighted by atomic mass is 16.6. The fourth-order valence-corrected chi connectivity index (χ4v) is 2.56. The number of rotatable bonds is 3.